The zero-order valence-corrected chi connectivity index (χ0v) is 12.5. The van der Waals surface area contributed by atoms with Crippen LogP contribution < -0.4 is 10.1 Å². The van der Waals surface area contributed by atoms with Gasteiger partial charge in [0, 0.05) is 17.7 Å². The average Bonchev–Trinajstić information content (AvgIpc) is 2.59. The summed E-state index contributed by atoms with van der Waals surface area (Å²) in [5.74, 6) is -0.846. The van der Waals surface area contributed by atoms with E-state index in [0.29, 0.717) is 24.1 Å². The molecule has 0 spiro atoms. The Bertz CT molecular complexity index is 834. The second-order valence-corrected chi connectivity index (χ2v) is 5.21. The molecule has 1 aromatic heterocycles. The summed E-state index contributed by atoms with van der Waals surface area (Å²) < 4.78 is 5.25. The van der Waals surface area contributed by atoms with Crippen LogP contribution in [-0.2, 0) is 11.2 Å². The number of fused-ring (bicyclic) bond motifs is 1. The van der Waals surface area contributed by atoms with Crippen molar-refractivity contribution in [1.82, 2.24) is 4.98 Å². The maximum atomic E-state index is 12.2. The average molecular weight is 327 g/mol. The second-order valence-electron chi connectivity index (χ2n) is 5.21. The Morgan fingerprint density at radius 2 is 2.17 bits per heavy atom. The topological polar surface area (TPSA) is 111 Å². The van der Waals surface area contributed by atoms with Gasteiger partial charge in [0.05, 0.1) is 0 Å². The van der Waals surface area contributed by atoms with E-state index in [9.17, 15) is 19.7 Å². The third-order valence-corrected chi connectivity index (χ3v) is 3.61. The van der Waals surface area contributed by atoms with Crippen molar-refractivity contribution in [2.75, 3.05) is 11.9 Å². The van der Waals surface area contributed by atoms with Crippen molar-refractivity contribution in [3.63, 3.8) is 0 Å². The van der Waals surface area contributed by atoms with Crippen molar-refractivity contribution in [3.05, 3.63) is 57.8 Å². The van der Waals surface area contributed by atoms with Gasteiger partial charge in [0.25, 0.3) is 0 Å². The van der Waals surface area contributed by atoms with Crippen LogP contribution in [0.5, 0.6) is 5.75 Å². The molecular formula is C16H13N3O5. The Labute approximate surface area is 136 Å². The highest BCUT2D eigenvalue weighted by Gasteiger charge is 2.19. The van der Waals surface area contributed by atoms with Gasteiger partial charge < -0.3 is 20.2 Å². The molecule has 0 saturated carbocycles. The summed E-state index contributed by atoms with van der Waals surface area (Å²) in [5, 5.41) is 13.6. The molecule has 24 heavy (non-hydrogen) atoms. The van der Waals surface area contributed by atoms with Crippen molar-refractivity contribution in [1.29, 1.82) is 0 Å². The van der Waals surface area contributed by atoms with Crippen LogP contribution in [0.25, 0.3) is 0 Å². The molecule has 8 nitrogen and oxygen atoms in total. The number of nitrogens with zero attached hydrogens (tertiary/aromatic N) is 2. The lowest BCUT2D eigenvalue weighted by Crippen LogP contribution is -2.20. The number of Topliss-reactive ketones (excluding diaryl/α,β-unsaturated/α-hetero) is 1. The van der Waals surface area contributed by atoms with E-state index in [1.807, 2.05) is 0 Å². The predicted molar refractivity (Wildman–Crippen MR) is 84.1 cm³/mol. The highest BCUT2D eigenvalue weighted by atomic mass is 16.6. The maximum Gasteiger partial charge on any atom is 0.406 e. The van der Waals surface area contributed by atoms with E-state index in [1.54, 1.807) is 18.2 Å². The van der Waals surface area contributed by atoms with Gasteiger partial charge in [-0.05, 0) is 52.2 Å². The van der Waals surface area contributed by atoms with E-state index in [-0.39, 0.29) is 24.0 Å². The first-order valence-electron chi connectivity index (χ1n) is 7.23. The lowest BCUT2D eigenvalue weighted by Gasteiger charge is -2.17. The number of carbonyl (C=O) groups excluding carboxylic acids is 2. The summed E-state index contributed by atoms with van der Waals surface area (Å²) in [6.07, 6.45) is 2.23. The lowest BCUT2D eigenvalue weighted by atomic mass is 9.99. The molecule has 3 rings (SSSR count). The molecule has 1 amide bonds. The molecule has 0 unspecified atom stereocenters. The maximum absolute atomic E-state index is 12.2. The number of anilines is 1. The fraction of sp³-hybridized carbons (Fsp3) is 0.188. The zero-order chi connectivity index (χ0) is 17.1. The first kappa shape index (κ1) is 15.6. The van der Waals surface area contributed by atoms with Gasteiger partial charge in [-0.1, -0.05) is 0 Å². The fourth-order valence-corrected chi connectivity index (χ4v) is 2.42. The summed E-state index contributed by atoms with van der Waals surface area (Å²) in [6, 6.07) is 7.85. The van der Waals surface area contributed by atoms with Crippen LogP contribution in [0.4, 0.5) is 11.5 Å². The molecular weight excluding hydrogens is 314 g/mol. The molecule has 1 aliphatic heterocycles. The molecule has 0 aliphatic carbocycles. The summed E-state index contributed by atoms with van der Waals surface area (Å²) >= 11 is 0. The Hall–Kier alpha value is -3.29. The highest BCUT2D eigenvalue weighted by Crippen LogP contribution is 2.25. The van der Waals surface area contributed by atoms with Crippen molar-refractivity contribution >= 4 is 23.2 Å². The molecule has 1 N–H and O–H groups in total. The van der Waals surface area contributed by atoms with Gasteiger partial charge in [0.15, 0.2) is 12.4 Å². The van der Waals surface area contributed by atoms with Gasteiger partial charge in [-0.3, -0.25) is 9.59 Å². The minimum absolute atomic E-state index is 0.0474. The van der Waals surface area contributed by atoms with E-state index in [0.717, 1.165) is 5.56 Å². The van der Waals surface area contributed by atoms with Crippen LogP contribution in [0.3, 0.4) is 0 Å². The minimum Gasteiger partial charge on any atom is -0.477 e. The SMILES string of the molecule is O=C1CCc2cc(C(=O)COc3cccnc3[N+](=O)[O-])ccc2N1. The van der Waals surface area contributed by atoms with Crippen LogP contribution in [0.1, 0.15) is 22.3 Å². The summed E-state index contributed by atoms with van der Waals surface area (Å²) in [4.78, 5) is 37.4. The van der Waals surface area contributed by atoms with Crippen molar-refractivity contribution in [2.45, 2.75) is 12.8 Å². The molecule has 122 valence electrons. The highest BCUT2D eigenvalue weighted by molar-refractivity contribution is 5.99. The number of aryl methyl sites for hydroxylation is 1. The number of carbonyl (C=O) groups is 2. The van der Waals surface area contributed by atoms with Gasteiger partial charge >= 0.3 is 5.82 Å². The summed E-state index contributed by atoms with van der Waals surface area (Å²) in [5.41, 5.74) is 2.01. The van der Waals surface area contributed by atoms with Crippen molar-refractivity contribution in [3.8, 4) is 5.75 Å². The van der Waals surface area contributed by atoms with Crippen LogP contribution in [-0.4, -0.2) is 28.2 Å². The normalized spacial score (nSPS) is 12.9. The number of nitro groups is 1. The number of ketones is 1. The minimum atomic E-state index is -0.665. The van der Waals surface area contributed by atoms with E-state index in [1.165, 1.54) is 18.3 Å². The summed E-state index contributed by atoms with van der Waals surface area (Å²) in [7, 11) is 0. The van der Waals surface area contributed by atoms with Crippen LogP contribution >= 0.6 is 0 Å². The first-order valence-corrected chi connectivity index (χ1v) is 7.23. The molecule has 0 saturated heterocycles. The third-order valence-electron chi connectivity index (χ3n) is 3.61. The monoisotopic (exact) mass is 327 g/mol. The molecule has 8 heteroatoms. The molecule has 0 atom stereocenters. The number of amides is 1. The van der Waals surface area contributed by atoms with Crippen LogP contribution in [0, 0.1) is 10.1 Å². The number of ether oxygens (including phenoxy) is 1. The number of benzene rings is 1. The Morgan fingerprint density at radius 1 is 1.33 bits per heavy atom. The fourth-order valence-electron chi connectivity index (χ4n) is 2.42. The summed E-state index contributed by atoms with van der Waals surface area (Å²) in [6.45, 7) is -0.336. The van der Waals surface area contributed by atoms with Crippen LogP contribution in [0.2, 0.25) is 0 Å². The quantitative estimate of drug-likeness (QED) is 0.511. The van der Waals surface area contributed by atoms with E-state index < -0.39 is 10.7 Å². The Balaban J connectivity index is 1.72. The van der Waals surface area contributed by atoms with Gasteiger partial charge in [-0.15, -0.1) is 0 Å². The van der Waals surface area contributed by atoms with Gasteiger partial charge in [0.1, 0.15) is 6.20 Å². The third kappa shape index (κ3) is 3.22. The number of aromatic nitrogens is 1. The molecule has 2 heterocycles. The van der Waals surface area contributed by atoms with Gasteiger partial charge in [0.2, 0.25) is 11.7 Å². The Morgan fingerprint density at radius 3 is 2.96 bits per heavy atom. The number of pyridine rings is 1. The molecule has 1 aliphatic rings. The Kier molecular flexibility index (Phi) is 4.19. The predicted octanol–water partition coefficient (Wildman–Crippen LogP) is 2.14. The van der Waals surface area contributed by atoms with E-state index in [4.69, 9.17) is 4.74 Å². The first-order chi connectivity index (χ1) is 11.5. The van der Waals surface area contributed by atoms with E-state index >= 15 is 0 Å². The van der Waals surface area contributed by atoms with Gasteiger partial charge in [-0.2, -0.15) is 0 Å². The van der Waals surface area contributed by atoms with Crippen molar-refractivity contribution < 1.29 is 19.2 Å². The standard InChI is InChI=1S/C16H13N3O5/c20-13(9-24-14-2-1-7-17-16(14)19(22)23)11-3-5-12-10(8-11)4-6-15(21)18-12/h1-3,5,7-8H,4,6,9H2,(H,18,21). The second kappa shape index (κ2) is 6.45. The number of rotatable bonds is 5. The number of hydrogen-bond acceptors (Lipinski definition) is 6. The number of nitrogens with one attached hydrogen (secondary N) is 1. The zero-order valence-electron chi connectivity index (χ0n) is 12.5. The molecule has 0 fully saturated rings. The molecule has 2 aromatic rings. The molecule has 1 aromatic carbocycles. The molecule has 0 bridgehead atoms. The van der Waals surface area contributed by atoms with Gasteiger partial charge in [-0.25, -0.2) is 0 Å². The number of hydrogen-bond donors (Lipinski definition) is 1. The lowest BCUT2D eigenvalue weighted by molar-refractivity contribution is -0.390. The smallest absolute Gasteiger partial charge is 0.406 e. The molecule has 0 radical (unpaired) electrons. The largest absolute Gasteiger partial charge is 0.477 e. The van der Waals surface area contributed by atoms with Crippen molar-refractivity contribution in [2.24, 2.45) is 0 Å². The van der Waals surface area contributed by atoms with Crippen LogP contribution in [0.15, 0.2) is 36.5 Å². The van der Waals surface area contributed by atoms with E-state index in [2.05, 4.69) is 10.3 Å².